The molecule has 0 saturated carbocycles. The molecule has 0 spiro atoms. The summed E-state index contributed by atoms with van der Waals surface area (Å²) in [4.78, 5) is 26.8. The third kappa shape index (κ3) is 3.54. The van der Waals surface area contributed by atoms with Crippen LogP contribution in [0.2, 0.25) is 0 Å². The molecule has 0 aromatic heterocycles. The van der Waals surface area contributed by atoms with Gasteiger partial charge in [-0.05, 0) is 37.3 Å². The first-order valence-corrected chi connectivity index (χ1v) is 8.69. The number of nitrogens with one attached hydrogen (secondary N) is 2. The number of amides is 2. The van der Waals surface area contributed by atoms with Crippen molar-refractivity contribution in [3.8, 4) is 0 Å². The molecule has 0 unspecified atom stereocenters. The number of para-hydroxylation sites is 1. The van der Waals surface area contributed by atoms with Gasteiger partial charge in [0.1, 0.15) is 6.04 Å². The Morgan fingerprint density at radius 1 is 1.25 bits per heavy atom. The number of carbonyl (C=O) groups is 2. The van der Waals surface area contributed by atoms with Gasteiger partial charge in [-0.3, -0.25) is 9.59 Å². The van der Waals surface area contributed by atoms with Crippen LogP contribution >= 0.6 is 11.8 Å². The second-order valence-corrected chi connectivity index (χ2v) is 6.66. The van der Waals surface area contributed by atoms with Gasteiger partial charge in [0.25, 0.3) is 0 Å². The van der Waals surface area contributed by atoms with Crippen LogP contribution in [0.1, 0.15) is 6.92 Å². The predicted octanol–water partition coefficient (Wildman–Crippen LogP) is 3.19. The van der Waals surface area contributed by atoms with Crippen molar-refractivity contribution in [2.75, 3.05) is 28.3 Å². The number of anilines is 3. The molecule has 1 aliphatic heterocycles. The van der Waals surface area contributed by atoms with Crippen LogP contribution in [0.25, 0.3) is 0 Å². The summed E-state index contributed by atoms with van der Waals surface area (Å²) < 4.78 is 0. The van der Waals surface area contributed by atoms with Gasteiger partial charge in [-0.25, -0.2) is 0 Å². The third-order valence-electron chi connectivity index (χ3n) is 3.84. The molecule has 0 bridgehead atoms. The molecule has 0 aliphatic carbocycles. The minimum atomic E-state index is -0.389. The Bertz CT molecular complexity index is 764. The smallest absolute Gasteiger partial charge is 0.248 e. The molecule has 2 amide bonds. The maximum atomic E-state index is 12.6. The molecule has 5 nitrogen and oxygen atoms in total. The molecule has 1 atom stereocenters. The molecule has 24 heavy (non-hydrogen) atoms. The summed E-state index contributed by atoms with van der Waals surface area (Å²) in [5.41, 5.74) is 2.45. The Morgan fingerprint density at radius 2 is 2.00 bits per heavy atom. The second-order valence-electron chi connectivity index (χ2n) is 5.65. The Hall–Kier alpha value is -2.47. The van der Waals surface area contributed by atoms with E-state index in [1.54, 1.807) is 11.9 Å². The number of thioether (sulfide) groups is 1. The van der Waals surface area contributed by atoms with E-state index in [0.717, 1.165) is 22.0 Å². The van der Waals surface area contributed by atoms with Gasteiger partial charge in [0.05, 0.1) is 11.4 Å². The summed E-state index contributed by atoms with van der Waals surface area (Å²) in [6.45, 7) is 1.83. The van der Waals surface area contributed by atoms with E-state index >= 15 is 0 Å². The van der Waals surface area contributed by atoms with E-state index in [0.29, 0.717) is 5.75 Å². The maximum Gasteiger partial charge on any atom is 0.248 e. The van der Waals surface area contributed by atoms with Crippen LogP contribution in [-0.4, -0.2) is 30.7 Å². The maximum absolute atomic E-state index is 12.6. The topological polar surface area (TPSA) is 61.4 Å². The van der Waals surface area contributed by atoms with Crippen LogP contribution in [0.5, 0.6) is 0 Å². The zero-order valence-electron chi connectivity index (χ0n) is 13.6. The van der Waals surface area contributed by atoms with E-state index in [2.05, 4.69) is 10.6 Å². The molecule has 2 N–H and O–H groups in total. The number of benzene rings is 2. The molecular formula is C18H19N3O2S. The molecule has 0 fully saturated rings. The largest absolute Gasteiger partial charge is 0.374 e. The number of likely N-dealkylation sites (N-methyl/N-ethyl adjacent to an activating group) is 1. The first-order chi connectivity index (χ1) is 11.5. The van der Waals surface area contributed by atoms with E-state index in [9.17, 15) is 9.59 Å². The van der Waals surface area contributed by atoms with E-state index < -0.39 is 0 Å². The van der Waals surface area contributed by atoms with Crippen molar-refractivity contribution in [2.45, 2.75) is 17.9 Å². The van der Waals surface area contributed by atoms with Crippen molar-refractivity contribution in [1.82, 2.24) is 0 Å². The molecule has 3 rings (SSSR count). The zero-order valence-corrected chi connectivity index (χ0v) is 14.4. The van der Waals surface area contributed by atoms with Gasteiger partial charge in [-0.1, -0.05) is 18.2 Å². The summed E-state index contributed by atoms with van der Waals surface area (Å²) in [5, 5.41) is 6.06. The molecule has 2 aromatic carbocycles. The third-order valence-corrected chi connectivity index (χ3v) is 4.91. The number of hydrogen-bond acceptors (Lipinski definition) is 4. The Kier molecular flexibility index (Phi) is 4.76. The molecule has 6 heteroatoms. The molecule has 2 aromatic rings. The van der Waals surface area contributed by atoms with Crippen LogP contribution in [0.4, 0.5) is 17.1 Å². The van der Waals surface area contributed by atoms with Crippen molar-refractivity contribution >= 4 is 40.6 Å². The summed E-state index contributed by atoms with van der Waals surface area (Å²) >= 11 is 1.52. The minimum absolute atomic E-state index is 0.00224. The van der Waals surface area contributed by atoms with Crippen LogP contribution in [0.3, 0.4) is 0 Å². The van der Waals surface area contributed by atoms with Gasteiger partial charge in [0.2, 0.25) is 11.8 Å². The number of fused-ring (bicyclic) bond motifs is 1. The lowest BCUT2D eigenvalue weighted by Crippen LogP contribution is -2.39. The van der Waals surface area contributed by atoms with Gasteiger partial charge in [-0.2, -0.15) is 0 Å². The second kappa shape index (κ2) is 6.97. The highest BCUT2D eigenvalue weighted by atomic mass is 32.2. The molecular weight excluding hydrogens is 322 g/mol. The summed E-state index contributed by atoms with van der Waals surface area (Å²) in [6.07, 6.45) is 0. The molecule has 1 heterocycles. The highest BCUT2D eigenvalue weighted by molar-refractivity contribution is 8.00. The lowest BCUT2D eigenvalue weighted by Gasteiger charge is -2.24. The van der Waals surface area contributed by atoms with Crippen LogP contribution in [0, 0.1) is 0 Å². The van der Waals surface area contributed by atoms with E-state index in [-0.39, 0.29) is 17.9 Å². The first kappa shape index (κ1) is 16.4. The SMILES string of the molecule is C[C@H](Nc1ccc2c(c1)NC(=O)CS2)C(=O)N(C)c1ccccc1. The normalized spacial score (nSPS) is 14.3. The Balaban J connectivity index is 1.70. The number of nitrogens with zero attached hydrogens (tertiary/aromatic N) is 1. The fourth-order valence-corrected chi connectivity index (χ4v) is 3.34. The highest BCUT2D eigenvalue weighted by Gasteiger charge is 2.20. The van der Waals surface area contributed by atoms with Gasteiger partial charge in [0.15, 0.2) is 0 Å². The quantitative estimate of drug-likeness (QED) is 0.896. The van der Waals surface area contributed by atoms with Gasteiger partial charge < -0.3 is 15.5 Å². The highest BCUT2D eigenvalue weighted by Crippen LogP contribution is 2.33. The molecule has 0 radical (unpaired) electrons. The number of carbonyl (C=O) groups excluding carboxylic acids is 2. The Morgan fingerprint density at radius 3 is 2.75 bits per heavy atom. The van der Waals surface area contributed by atoms with Gasteiger partial charge in [-0.15, -0.1) is 11.8 Å². The average Bonchev–Trinajstić information content (AvgIpc) is 2.60. The predicted molar refractivity (Wildman–Crippen MR) is 98.7 cm³/mol. The first-order valence-electron chi connectivity index (χ1n) is 7.70. The molecule has 0 saturated heterocycles. The number of rotatable bonds is 4. The van der Waals surface area contributed by atoms with Crippen molar-refractivity contribution in [2.24, 2.45) is 0 Å². The lowest BCUT2D eigenvalue weighted by atomic mass is 10.2. The van der Waals surface area contributed by atoms with Crippen molar-refractivity contribution in [1.29, 1.82) is 0 Å². The number of hydrogen-bond donors (Lipinski definition) is 2. The van der Waals surface area contributed by atoms with Crippen LogP contribution < -0.4 is 15.5 Å². The summed E-state index contributed by atoms with van der Waals surface area (Å²) in [5.74, 6) is 0.409. The fourth-order valence-electron chi connectivity index (χ4n) is 2.55. The Labute approximate surface area is 145 Å². The zero-order chi connectivity index (χ0) is 17.1. The average molecular weight is 341 g/mol. The minimum Gasteiger partial charge on any atom is -0.374 e. The molecule has 1 aliphatic rings. The van der Waals surface area contributed by atoms with Gasteiger partial charge in [0, 0.05) is 23.3 Å². The van der Waals surface area contributed by atoms with E-state index in [1.807, 2.05) is 55.5 Å². The lowest BCUT2D eigenvalue weighted by molar-refractivity contribution is -0.118. The van der Waals surface area contributed by atoms with Gasteiger partial charge >= 0.3 is 0 Å². The molecule has 124 valence electrons. The van der Waals surface area contributed by atoms with E-state index in [1.165, 1.54) is 11.8 Å². The van der Waals surface area contributed by atoms with Crippen molar-refractivity contribution in [3.05, 3.63) is 48.5 Å². The van der Waals surface area contributed by atoms with Crippen molar-refractivity contribution < 1.29 is 9.59 Å². The standard InChI is InChI=1S/C18H19N3O2S/c1-12(18(23)21(2)14-6-4-3-5-7-14)19-13-8-9-16-15(10-13)20-17(22)11-24-16/h3-10,12,19H,11H2,1-2H3,(H,20,22)/t12-/m0/s1. The van der Waals surface area contributed by atoms with Crippen molar-refractivity contribution in [3.63, 3.8) is 0 Å². The van der Waals surface area contributed by atoms with E-state index in [4.69, 9.17) is 0 Å². The summed E-state index contributed by atoms with van der Waals surface area (Å²) in [7, 11) is 1.76. The monoisotopic (exact) mass is 341 g/mol. The summed E-state index contributed by atoms with van der Waals surface area (Å²) in [6, 6.07) is 14.9. The van der Waals surface area contributed by atoms with Crippen LogP contribution in [0.15, 0.2) is 53.4 Å². The fraction of sp³-hybridized carbons (Fsp3) is 0.222. The van der Waals surface area contributed by atoms with Crippen LogP contribution in [-0.2, 0) is 9.59 Å².